The summed E-state index contributed by atoms with van der Waals surface area (Å²) in [6.07, 6.45) is -0.140. The molecule has 0 bridgehead atoms. The van der Waals surface area contributed by atoms with Crippen LogP contribution in [0.4, 0.5) is 0 Å². The second-order valence-corrected chi connectivity index (χ2v) is 10.6. The van der Waals surface area contributed by atoms with Gasteiger partial charge in [-0.25, -0.2) is 0 Å². The Bertz CT molecular complexity index is 719. The van der Waals surface area contributed by atoms with Crippen LogP contribution in [-0.4, -0.2) is 41.4 Å². The molecule has 1 aliphatic heterocycles. The predicted molar refractivity (Wildman–Crippen MR) is 129 cm³/mol. The van der Waals surface area contributed by atoms with Gasteiger partial charge in [-0.05, 0) is 39.7 Å². The van der Waals surface area contributed by atoms with E-state index in [0.29, 0.717) is 6.61 Å². The summed E-state index contributed by atoms with van der Waals surface area (Å²) in [4.78, 5) is 13.3. The number of Topliss-reactive ketones (excluding diaryl/α,β-unsaturated/α-hetero) is 1. The van der Waals surface area contributed by atoms with Gasteiger partial charge >= 0.3 is 7.12 Å². The lowest BCUT2D eigenvalue weighted by atomic mass is 9.64. The van der Waals surface area contributed by atoms with Gasteiger partial charge in [-0.15, -0.1) is 0 Å². The molecule has 6 heteroatoms. The first-order valence-corrected chi connectivity index (χ1v) is 12.0. The van der Waals surface area contributed by atoms with Crippen molar-refractivity contribution in [1.29, 1.82) is 0 Å². The fraction of sp³-hybridized carbons (Fsp3) is 0.731. The number of rotatable bonds is 11. The molecule has 1 aliphatic rings. The molecule has 1 fully saturated rings. The topological polar surface area (TPSA) is 65.0 Å². The third kappa shape index (κ3) is 6.02. The van der Waals surface area contributed by atoms with E-state index >= 15 is 0 Å². The minimum atomic E-state index is -0.781. The number of aliphatic hydroxyl groups is 1. The van der Waals surface area contributed by atoms with E-state index in [-0.39, 0.29) is 29.5 Å². The largest absolute Gasteiger partial charge is 0.461 e. The minimum absolute atomic E-state index is 0.0319. The molecule has 0 spiro atoms. The van der Waals surface area contributed by atoms with Gasteiger partial charge in [-0.1, -0.05) is 65.0 Å². The van der Waals surface area contributed by atoms with Gasteiger partial charge in [0.25, 0.3) is 0 Å². The monoisotopic (exact) mass is 446 g/mol. The van der Waals surface area contributed by atoms with Crippen LogP contribution in [0.1, 0.15) is 74.3 Å². The van der Waals surface area contributed by atoms with Crippen molar-refractivity contribution in [2.45, 2.75) is 105 Å². The molecule has 5 nitrogen and oxygen atoms in total. The van der Waals surface area contributed by atoms with Crippen LogP contribution in [0.3, 0.4) is 0 Å². The van der Waals surface area contributed by atoms with Gasteiger partial charge in [0.1, 0.15) is 5.78 Å². The summed E-state index contributed by atoms with van der Waals surface area (Å²) in [5, 5.41) is 11.1. The molecule has 1 saturated heterocycles. The second kappa shape index (κ2) is 10.8. The molecule has 32 heavy (non-hydrogen) atoms. The van der Waals surface area contributed by atoms with Crippen molar-refractivity contribution in [3.63, 3.8) is 0 Å². The maximum atomic E-state index is 13.3. The highest BCUT2D eigenvalue weighted by molar-refractivity contribution is 6.48. The third-order valence-corrected chi connectivity index (χ3v) is 7.73. The fourth-order valence-corrected chi connectivity index (χ4v) is 4.28. The van der Waals surface area contributed by atoms with Crippen LogP contribution in [0.25, 0.3) is 0 Å². The summed E-state index contributed by atoms with van der Waals surface area (Å²) in [6.45, 7) is 18.3. The summed E-state index contributed by atoms with van der Waals surface area (Å²) < 4.78 is 18.4. The molecule has 1 N–H and O–H groups in total. The number of ether oxygens (including phenoxy) is 1. The molecule has 0 aliphatic carbocycles. The Balaban J connectivity index is 1.98. The number of carbonyl (C=O) groups is 1. The van der Waals surface area contributed by atoms with Crippen LogP contribution in [0.15, 0.2) is 30.3 Å². The van der Waals surface area contributed by atoms with Crippen LogP contribution < -0.4 is 0 Å². The van der Waals surface area contributed by atoms with E-state index in [4.69, 9.17) is 14.0 Å². The Hall–Kier alpha value is -1.21. The van der Waals surface area contributed by atoms with E-state index in [1.54, 1.807) is 0 Å². The first-order valence-electron chi connectivity index (χ1n) is 12.0. The zero-order valence-corrected chi connectivity index (χ0v) is 21.4. The van der Waals surface area contributed by atoms with Gasteiger partial charge in [0.2, 0.25) is 0 Å². The summed E-state index contributed by atoms with van der Waals surface area (Å²) in [5.74, 6) is -1.05. The molecule has 2 unspecified atom stereocenters. The van der Waals surface area contributed by atoms with E-state index < -0.39 is 30.3 Å². The lowest BCUT2D eigenvalue weighted by Gasteiger charge is -2.32. The lowest BCUT2D eigenvalue weighted by Crippen LogP contribution is -2.41. The standard InChI is InChI=1S/C26H43BO5/c1-10-22(30-16-21-14-12-11-13-15-21)18(3)24(29)19(4)23(28)17(2)20(5)27-31-25(6,7)26(8,9)32-27/h11-15,17-20,22,24,29H,10,16H2,1-9H3/t17-,18+,19?,20+,22+,24?/m1/s1. The molecule has 1 aromatic carbocycles. The smallest absolute Gasteiger partial charge is 0.403 e. The SMILES string of the molecule is CC[C@H](OCc1ccccc1)[C@H](C)C(O)C(C)C(=O)[C@H](C)[C@H](C)B1OC(C)(C)C(C)(C)O1. The molecule has 0 radical (unpaired) electrons. The Morgan fingerprint density at radius 3 is 2.03 bits per heavy atom. The van der Waals surface area contributed by atoms with Crippen LogP contribution in [-0.2, 0) is 25.4 Å². The highest BCUT2D eigenvalue weighted by Crippen LogP contribution is 2.42. The Labute approximate surface area is 195 Å². The van der Waals surface area contributed by atoms with Crippen molar-refractivity contribution < 1.29 is 23.9 Å². The van der Waals surface area contributed by atoms with E-state index in [9.17, 15) is 9.90 Å². The van der Waals surface area contributed by atoms with Crippen LogP contribution >= 0.6 is 0 Å². The second-order valence-electron chi connectivity index (χ2n) is 10.6. The molecule has 180 valence electrons. The van der Waals surface area contributed by atoms with E-state index in [1.807, 2.05) is 92.6 Å². The molecule has 2 rings (SSSR count). The molecule has 6 atom stereocenters. The summed E-state index contributed by atoms with van der Waals surface area (Å²) in [5.41, 5.74) is 0.235. The van der Waals surface area contributed by atoms with E-state index in [2.05, 4.69) is 0 Å². The van der Waals surface area contributed by atoms with Gasteiger partial charge < -0.3 is 19.2 Å². The van der Waals surface area contributed by atoms with Crippen LogP contribution in [0.5, 0.6) is 0 Å². The van der Waals surface area contributed by atoms with Crippen molar-refractivity contribution >= 4 is 12.9 Å². The normalized spacial score (nSPS) is 23.2. The first-order chi connectivity index (χ1) is 14.8. The van der Waals surface area contributed by atoms with Crippen LogP contribution in [0.2, 0.25) is 5.82 Å². The van der Waals surface area contributed by atoms with Gasteiger partial charge in [-0.3, -0.25) is 4.79 Å². The summed E-state index contributed by atoms with van der Waals surface area (Å²) >= 11 is 0. The highest BCUT2D eigenvalue weighted by Gasteiger charge is 2.54. The summed E-state index contributed by atoms with van der Waals surface area (Å²) in [6, 6.07) is 10.0. The molecule has 0 aromatic heterocycles. The lowest BCUT2D eigenvalue weighted by molar-refractivity contribution is -0.133. The maximum Gasteiger partial charge on any atom is 0.461 e. The Morgan fingerprint density at radius 1 is 1.00 bits per heavy atom. The minimum Gasteiger partial charge on any atom is -0.403 e. The predicted octanol–water partition coefficient (Wildman–Crippen LogP) is 5.30. The van der Waals surface area contributed by atoms with Gasteiger partial charge in [0.15, 0.2) is 0 Å². The molecule has 0 amide bonds. The number of ketones is 1. The fourth-order valence-electron chi connectivity index (χ4n) is 4.28. The van der Waals surface area contributed by atoms with Gasteiger partial charge in [0, 0.05) is 23.6 Å². The third-order valence-electron chi connectivity index (χ3n) is 7.73. The summed E-state index contributed by atoms with van der Waals surface area (Å²) in [7, 11) is -0.446. The average Bonchev–Trinajstić information content (AvgIpc) is 2.98. The molecule has 0 saturated carbocycles. The zero-order valence-electron chi connectivity index (χ0n) is 21.4. The van der Waals surface area contributed by atoms with Crippen molar-refractivity contribution in [2.75, 3.05) is 0 Å². The molecule has 1 aromatic rings. The Kier molecular flexibility index (Phi) is 9.14. The van der Waals surface area contributed by atoms with Crippen molar-refractivity contribution in [1.82, 2.24) is 0 Å². The molecule has 1 heterocycles. The van der Waals surface area contributed by atoms with E-state index in [1.165, 1.54) is 0 Å². The van der Waals surface area contributed by atoms with Gasteiger partial charge in [0.05, 0.1) is 30.0 Å². The van der Waals surface area contributed by atoms with Crippen molar-refractivity contribution in [2.24, 2.45) is 17.8 Å². The zero-order chi connectivity index (χ0) is 24.3. The number of aliphatic hydroxyl groups excluding tert-OH is 1. The quantitative estimate of drug-likeness (QED) is 0.467. The number of benzene rings is 1. The Morgan fingerprint density at radius 2 is 1.53 bits per heavy atom. The number of hydrogen-bond donors (Lipinski definition) is 1. The number of hydrogen-bond acceptors (Lipinski definition) is 5. The molecular weight excluding hydrogens is 403 g/mol. The van der Waals surface area contributed by atoms with Crippen LogP contribution in [0, 0.1) is 17.8 Å². The van der Waals surface area contributed by atoms with Gasteiger partial charge in [-0.2, -0.15) is 0 Å². The van der Waals surface area contributed by atoms with Crippen molar-refractivity contribution in [3.05, 3.63) is 35.9 Å². The van der Waals surface area contributed by atoms with Crippen molar-refractivity contribution in [3.8, 4) is 0 Å². The highest BCUT2D eigenvalue weighted by atomic mass is 16.7. The number of carbonyl (C=O) groups excluding carboxylic acids is 1. The van der Waals surface area contributed by atoms with E-state index in [0.717, 1.165) is 12.0 Å². The average molecular weight is 446 g/mol. The molecular formula is C26H43BO5. The first kappa shape index (κ1) is 27.0. The maximum absolute atomic E-state index is 13.3.